The molecule has 3 amide bonds. The van der Waals surface area contributed by atoms with Crippen molar-refractivity contribution in [3.05, 3.63) is 93.0 Å². The smallest absolute Gasteiger partial charge is 0.373 e. The van der Waals surface area contributed by atoms with E-state index in [4.69, 9.17) is 32.4 Å². The molecule has 0 atom stereocenters. The third-order valence-electron chi connectivity index (χ3n) is 4.88. The van der Waals surface area contributed by atoms with Crippen LogP contribution in [-0.2, 0) is 22.7 Å². The first-order valence-electron chi connectivity index (χ1n) is 10.0. The number of methoxy groups -OCH3 is 1. The summed E-state index contributed by atoms with van der Waals surface area (Å²) < 4.78 is 15.7. The summed E-state index contributed by atoms with van der Waals surface area (Å²) >= 11 is 12.0. The van der Waals surface area contributed by atoms with E-state index in [0.29, 0.717) is 21.4 Å². The van der Waals surface area contributed by atoms with Gasteiger partial charge in [0.1, 0.15) is 23.8 Å². The molecule has 10 heteroatoms. The molecule has 0 spiro atoms. The van der Waals surface area contributed by atoms with E-state index in [2.05, 4.69) is 10.1 Å². The van der Waals surface area contributed by atoms with Crippen LogP contribution >= 0.6 is 23.2 Å². The van der Waals surface area contributed by atoms with Crippen LogP contribution in [0.3, 0.4) is 0 Å². The summed E-state index contributed by atoms with van der Waals surface area (Å²) in [6.07, 6.45) is 1.55. The molecule has 2 aromatic carbocycles. The number of rotatable bonds is 7. The number of amides is 3. The van der Waals surface area contributed by atoms with Crippen LogP contribution in [0, 0.1) is 0 Å². The van der Waals surface area contributed by atoms with Crippen molar-refractivity contribution in [3.8, 4) is 5.75 Å². The molecule has 4 rings (SSSR count). The van der Waals surface area contributed by atoms with Crippen molar-refractivity contribution in [2.24, 2.45) is 0 Å². The fraction of sp³-hybridized carbons (Fsp3) is 0.125. The van der Waals surface area contributed by atoms with E-state index in [1.165, 1.54) is 19.2 Å². The second-order valence-electron chi connectivity index (χ2n) is 7.25. The number of nitrogens with one attached hydrogen (secondary N) is 1. The predicted molar refractivity (Wildman–Crippen MR) is 124 cm³/mol. The zero-order chi connectivity index (χ0) is 24.2. The van der Waals surface area contributed by atoms with Gasteiger partial charge < -0.3 is 19.2 Å². The largest absolute Gasteiger partial charge is 0.489 e. The Morgan fingerprint density at radius 1 is 1.09 bits per heavy atom. The summed E-state index contributed by atoms with van der Waals surface area (Å²) in [5.74, 6) is -0.353. The summed E-state index contributed by atoms with van der Waals surface area (Å²) in [4.78, 5) is 37.6. The Kier molecular flexibility index (Phi) is 6.90. The van der Waals surface area contributed by atoms with E-state index in [0.717, 1.165) is 10.5 Å². The minimum atomic E-state index is -0.648. The van der Waals surface area contributed by atoms with Gasteiger partial charge in [0, 0.05) is 0 Å². The van der Waals surface area contributed by atoms with Crippen LogP contribution in [0.1, 0.15) is 27.4 Å². The van der Waals surface area contributed by atoms with Crippen LogP contribution in [0.25, 0.3) is 6.08 Å². The molecule has 2 heterocycles. The number of imide groups is 1. The second kappa shape index (κ2) is 10.0. The van der Waals surface area contributed by atoms with Crippen molar-refractivity contribution in [1.82, 2.24) is 10.2 Å². The van der Waals surface area contributed by atoms with Gasteiger partial charge >= 0.3 is 12.0 Å². The lowest BCUT2D eigenvalue weighted by atomic mass is 10.1. The van der Waals surface area contributed by atoms with E-state index >= 15 is 0 Å². The SMILES string of the molecule is COC(=O)c1ccc(CN2C(=O)N/C(=C\c3cccc(OCc4ccc(Cl)c(Cl)c4)c3)C2=O)o1. The summed E-state index contributed by atoms with van der Waals surface area (Å²) in [5, 5.41) is 3.46. The van der Waals surface area contributed by atoms with Crippen molar-refractivity contribution in [2.75, 3.05) is 7.11 Å². The molecule has 3 aromatic rings. The number of esters is 1. The summed E-state index contributed by atoms with van der Waals surface area (Å²) in [6, 6.07) is 14.6. The van der Waals surface area contributed by atoms with Crippen LogP contribution in [0.15, 0.2) is 64.7 Å². The Morgan fingerprint density at radius 3 is 2.68 bits per heavy atom. The van der Waals surface area contributed by atoms with E-state index in [1.807, 2.05) is 6.07 Å². The first kappa shape index (κ1) is 23.4. The highest BCUT2D eigenvalue weighted by Gasteiger charge is 2.34. The third-order valence-corrected chi connectivity index (χ3v) is 5.62. The third kappa shape index (κ3) is 5.24. The summed E-state index contributed by atoms with van der Waals surface area (Å²) in [7, 11) is 1.23. The van der Waals surface area contributed by atoms with E-state index in [9.17, 15) is 14.4 Å². The molecule has 34 heavy (non-hydrogen) atoms. The van der Waals surface area contributed by atoms with Gasteiger partial charge in [0.15, 0.2) is 0 Å². The number of benzene rings is 2. The van der Waals surface area contributed by atoms with Gasteiger partial charge in [-0.3, -0.25) is 9.69 Å². The van der Waals surface area contributed by atoms with Gasteiger partial charge in [-0.2, -0.15) is 0 Å². The Bertz CT molecular complexity index is 1300. The molecule has 8 nitrogen and oxygen atoms in total. The number of hydrogen-bond acceptors (Lipinski definition) is 6. The number of nitrogens with zero attached hydrogens (tertiary/aromatic N) is 1. The lowest BCUT2D eigenvalue weighted by Gasteiger charge is -2.09. The van der Waals surface area contributed by atoms with Gasteiger partial charge in [-0.05, 0) is 53.6 Å². The molecule has 0 unspecified atom stereocenters. The minimum absolute atomic E-state index is 0.0157. The van der Waals surface area contributed by atoms with Crippen molar-refractivity contribution in [1.29, 1.82) is 0 Å². The minimum Gasteiger partial charge on any atom is -0.489 e. The van der Waals surface area contributed by atoms with Crippen LogP contribution in [0.4, 0.5) is 4.79 Å². The first-order chi connectivity index (χ1) is 16.3. The molecular formula is C24H18Cl2N2O6. The molecule has 1 aliphatic rings. The molecular weight excluding hydrogens is 483 g/mol. The van der Waals surface area contributed by atoms with Crippen molar-refractivity contribution in [2.45, 2.75) is 13.2 Å². The number of ether oxygens (including phenoxy) is 2. The zero-order valence-corrected chi connectivity index (χ0v) is 19.4. The Hall–Kier alpha value is -3.75. The second-order valence-corrected chi connectivity index (χ2v) is 8.06. The Labute approximate surface area is 204 Å². The zero-order valence-electron chi connectivity index (χ0n) is 17.8. The molecule has 1 aliphatic heterocycles. The molecule has 0 radical (unpaired) electrons. The van der Waals surface area contributed by atoms with Crippen molar-refractivity contribution < 1.29 is 28.3 Å². The maximum atomic E-state index is 12.8. The van der Waals surface area contributed by atoms with Crippen molar-refractivity contribution in [3.63, 3.8) is 0 Å². The van der Waals surface area contributed by atoms with Crippen LogP contribution in [-0.4, -0.2) is 29.9 Å². The Balaban J connectivity index is 1.44. The van der Waals surface area contributed by atoms with Crippen LogP contribution < -0.4 is 10.1 Å². The van der Waals surface area contributed by atoms with E-state index in [-0.39, 0.29) is 30.4 Å². The molecule has 1 N–H and O–H groups in total. The average molecular weight is 501 g/mol. The van der Waals surface area contributed by atoms with Gasteiger partial charge in [0.2, 0.25) is 5.76 Å². The van der Waals surface area contributed by atoms with Gasteiger partial charge in [-0.15, -0.1) is 0 Å². The maximum Gasteiger partial charge on any atom is 0.373 e. The molecule has 174 valence electrons. The first-order valence-corrected chi connectivity index (χ1v) is 10.8. The summed E-state index contributed by atoms with van der Waals surface area (Å²) in [6.45, 7) is 0.142. The number of halogens is 2. The van der Waals surface area contributed by atoms with Gasteiger partial charge in [-0.1, -0.05) is 41.4 Å². The predicted octanol–water partition coefficient (Wildman–Crippen LogP) is 5.04. The molecule has 1 fully saturated rings. The fourth-order valence-corrected chi connectivity index (χ4v) is 3.52. The molecule has 0 aliphatic carbocycles. The van der Waals surface area contributed by atoms with Crippen LogP contribution in [0.2, 0.25) is 10.0 Å². The van der Waals surface area contributed by atoms with Gasteiger partial charge in [-0.25, -0.2) is 9.59 Å². The van der Waals surface area contributed by atoms with E-state index in [1.54, 1.807) is 42.5 Å². The number of hydrogen-bond donors (Lipinski definition) is 1. The number of furan rings is 1. The summed E-state index contributed by atoms with van der Waals surface area (Å²) in [5.41, 5.74) is 1.61. The molecule has 1 saturated heterocycles. The molecule has 0 bridgehead atoms. The highest BCUT2D eigenvalue weighted by atomic mass is 35.5. The lowest BCUT2D eigenvalue weighted by molar-refractivity contribution is -0.123. The number of carbonyl (C=O) groups is 3. The highest BCUT2D eigenvalue weighted by Crippen LogP contribution is 2.24. The van der Waals surface area contributed by atoms with E-state index < -0.39 is 17.9 Å². The Morgan fingerprint density at radius 2 is 1.91 bits per heavy atom. The van der Waals surface area contributed by atoms with Gasteiger partial charge in [0.05, 0.1) is 23.7 Å². The number of carbonyl (C=O) groups excluding carboxylic acids is 3. The maximum absolute atomic E-state index is 12.8. The van der Waals surface area contributed by atoms with Crippen molar-refractivity contribution >= 4 is 47.2 Å². The normalized spacial score (nSPS) is 14.4. The highest BCUT2D eigenvalue weighted by molar-refractivity contribution is 6.42. The molecule has 1 aromatic heterocycles. The topological polar surface area (TPSA) is 98.1 Å². The average Bonchev–Trinajstić information content (AvgIpc) is 3.40. The molecule has 0 saturated carbocycles. The quantitative estimate of drug-likeness (QED) is 0.277. The fourth-order valence-electron chi connectivity index (χ4n) is 3.20. The lowest BCUT2D eigenvalue weighted by Crippen LogP contribution is -2.30. The number of urea groups is 1. The van der Waals surface area contributed by atoms with Gasteiger partial charge in [0.25, 0.3) is 5.91 Å². The monoisotopic (exact) mass is 500 g/mol. The standard InChI is InChI=1S/C24H18Cl2N2O6/c1-32-23(30)21-8-6-17(34-21)12-28-22(29)20(27-24(28)31)11-14-3-2-4-16(9-14)33-13-15-5-7-18(25)19(26)10-15/h2-11H,12-13H2,1H3,(H,27,31)/b20-11-. The van der Waals surface area contributed by atoms with Crippen LogP contribution in [0.5, 0.6) is 5.75 Å².